The highest BCUT2D eigenvalue weighted by Crippen LogP contribution is 2.27. The van der Waals surface area contributed by atoms with Gasteiger partial charge in [-0.15, -0.1) is 0 Å². The van der Waals surface area contributed by atoms with E-state index < -0.39 is 6.10 Å². The summed E-state index contributed by atoms with van der Waals surface area (Å²) in [7, 11) is 0. The van der Waals surface area contributed by atoms with Crippen molar-refractivity contribution >= 4 is 22.4 Å². The number of fused-ring (bicyclic) bond motifs is 1. The fourth-order valence-electron chi connectivity index (χ4n) is 2.92. The van der Waals surface area contributed by atoms with Gasteiger partial charge in [-0.05, 0) is 43.9 Å². The van der Waals surface area contributed by atoms with Gasteiger partial charge in [0.15, 0.2) is 6.10 Å². The van der Waals surface area contributed by atoms with Crippen LogP contribution in [0.5, 0.6) is 11.5 Å². The van der Waals surface area contributed by atoms with Crippen molar-refractivity contribution in [3.05, 3.63) is 66.7 Å². The first kappa shape index (κ1) is 18.8. The average Bonchev–Trinajstić information content (AvgIpc) is 2.65. The number of carbonyl (C=O) groups is 1. The third-order valence-electron chi connectivity index (χ3n) is 4.16. The minimum absolute atomic E-state index is 0.0778. The standard InChI is InChI=1S/C23H25NO3/c1-4-21(27-22-14-7-10-17-9-5-6-13-20(17)22)23(25)24-18-11-8-12-19(15-18)26-16(2)3/h5-16,21H,4H2,1-3H3,(H,24,25)/t21-/m1/s1. The number of rotatable bonds is 7. The predicted molar refractivity (Wildman–Crippen MR) is 109 cm³/mol. The monoisotopic (exact) mass is 363 g/mol. The number of hydrogen-bond acceptors (Lipinski definition) is 3. The number of carbonyl (C=O) groups excluding carboxylic acids is 1. The first-order valence-electron chi connectivity index (χ1n) is 9.29. The summed E-state index contributed by atoms with van der Waals surface area (Å²) in [4.78, 5) is 12.7. The van der Waals surface area contributed by atoms with Crippen LogP contribution in [0.15, 0.2) is 66.7 Å². The number of nitrogens with one attached hydrogen (secondary N) is 1. The Hall–Kier alpha value is -3.01. The van der Waals surface area contributed by atoms with Crippen molar-refractivity contribution in [3.63, 3.8) is 0 Å². The van der Waals surface area contributed by atoms with Gasteiger partial charge in [0.2, 0.25) is 0 Å². The van der Waals surface area contributed by atoms with Crippen LogP contribution in [-0.2, 0) is 4.79 Å². The first-order chi connectivity index (χ1) is 13.1. The van der Waals surface area contributed by atoms with E-state index in [1.807, 2.05) is 87.5 Å². The minimum atomic E-state index is -0.578. The Morgan fingerprint density at radius 1 is 0.963 bits per heavy atom. The van der Waals surface area contributed by atoms with Gasteiger partial charge in [-0.2, -0.15) is 0 Å². The normalized spacial score (nSPS) is 12.0. The van der Waals surface area contributed by atoms with E-state index >= 15 is 0 Å². The van der Waals surface area contributed by atoms with Crippen molar-refractivity contribution < 1.29 is 14.3 Å². The van der Waals surface area contributed by atoms with Gasteiger partial charge in [-0.25, -0.2) is 0 Å². The molecule has 0 aromatic heterocycles. The molecule has 1 atom stereocenters. The Labute approximate surface area is 160 Å². The highest BCUT2D eigenvalue weighted by atomic mass is 16.5. The zero-order chi connectivity index (χ0) is 19.2. The topological polar surface area (TPSA) is 47.6 Å². The van der Waals surface area contributed by atoms with Crippen LogP contribution in [0.3, 0.4) is 0 Å². The van der Waals surface area contributed by atoms with Crippen LogP contribution in [0.2, 0.25) is 0 Å². The van der Waals surface area contributed by atoms with Crippen molar-refractivity contribution in [2.75, 3.05) is 5.32 Å². The van der Waals surface area contributed by atoms with Crippen molar-refractivity contribution in [1.82, 2.24) is 0 Å². The van der Waals surface area contributed by atoms with Crippen molar-refractivity contribution in [3.8, 4) is 11.5 Å². The third-order valence-corrected chi connectivity index (χ3v) is 4.16. The predicted octanol–water partition coefficient (Wildman–Crippen LogP) is 5.42. The fourth-order valence-corrected chi connectivity index (χ4v) is 2.92. The van der Waals surface area contributed by atoms with E-state index in [4.69, 9.17) is 9.47 Å². The summed E-state index contributed by atoms with van der Waals surface area (Å²) in [6, 6.07) is 21.3. The van der Waals surface area contributed by atoms with E-state index in [-0.39, 0.29) is 12.0 Å². The van der Waals surface area contributed by atoms with E-state index in [0.717, 1.165) is 16.5 Å². The lowest BCUT2D eigenvalue weighted by molar-refractivity contribution is -0.122. The van der Waals surface area contributed by atoms with E-state index in [1.165, 1.54) is 0 Å². The molecule has 0 bridgehead atoms. The van der Waals surface area contributed by atoms with Crippen molar-refractivity contribution in [1.29, 1.82) is 0 Å². The molecule has 0 aliphatic carbocycles. The van der Waals surface area contributed by atoms with Crippen LogP contribution < -0.4 is 14.8 Å². The zero-order valence-electron chi connectivity index (χ0n) is 15.9. The summed E-state index contributed by atoms with van der Waals surface area (Å²) in [6.45, 7) is 5.88. The summed E-state index contributed by atoms with van der Waals surface area (Å²) in [5.74, 6) is 1.27. The van der Waals surface area contributed by atoms with Gasteiger partial charge in [-0.3, -0.25) is 4.79 Å². The molecule has 4 nitrogen and oxygen atoms in total. The molecule has 140 valence electrons. The maximum absolute atomic E-state index is 12.7. The molecule has 0 aliphatic rings. The van der Waals surface area contributed by atoms with Gasteiger partial charge in [0.1, 0.15) is 11.5 Å². The number of hydrogen-bond donors (Lipinski definition) is 1. The molecule has 0 saturated heterocycles. The Morgan fingerprint density at radius 3 is 2.48 bits per heavy atom. The molecule has 0 heterocycles. The van der Waals surface area contributed by atoms with Crippen molar-refractivity contribution in [2.45, 2.75) is 39.4 Å². The summed E-state index contributed by atoms with van der Waals surface area (Å²) < 4.78 is 11.7. The molecule has 0 fully saturated rings. The van der Waals surface area contributed by atoms with E-state index in [1.54, 1.807) is 0 Å². The summed E-state index contributed by atoms with van der Waals surface area (Å²) in [5, 5.41) is 5.02. The van der Waals surface area contributed by atoms with Crippen LogP contribution in [0.1, 0.15) is 27.2 Å². The summed E-state index contributed by atoms with van der Waals surface area (Å²) in [5.41, 5.74) is 0.693. The molecule has 3 aromatic rings. The summed E-state index contributed by atoms with van der Waals surface area (Å²) >= 11 is 0. The lowest BCUT2D eigenvalue weighted by Crippen LogP contribution is -2.32. The molecule has 3 aromatic carbocycles. The van der Waals surface area contributed by atoms with E-state index in [2.05, 4.69) is 5.32 Å². The average molecular weight is 363 g/mol. The van der Waals surface area contributed by atoms with Gasteiger partial charge in [0.05, 0.1) is 6.10 Å². The van der Waals surface area contributed by atoms with E-state index in [9.17, 15) is 4.79 Å². The van der Waals surface area contributed by atoms with Crippen LogP contribution in [-0.4, -0.2) is 18.1 Å². The lowest BCUT2D eigenvalue weighted by Gasteiger charge is -2.19. The molecule has 0 radical (unpaired) electrons. The first-order valence-corrected chi connectivity index (χ1v) is 9.29. The Kier molecular flexibility index (Phi) is 5.97. The second kappa shape index (κ2) is 8.58. The highest BCUT2D eigenvalue weighted by Gasteiger charge is 2.19. The highest BCUT2D eigenvalue weighted by molar-refractivity contribution is 5.95. The van der Waals surface area contributed by atoms with Gasteiger partial charge in [0.25, 0.3) is 5.91 Å². The molecule has 0 saturated carbocycles. The van der Waals surface area contributed by atoms with Gasteiger partial charge in [-0.1, -0.05) is 49.4 Å². The summed E-state index contributed by atoms with van der Waals surface area (Å²) in [6.07, 6.45) is 0.0663. The van der Waals surface area contributed by atoms with Crippen LogP contribution in [0.4, 0.5) is 5.69 Å². The Balaban J connectivity index is 1.74. The minimum Gasteiger partial charge on any atom is -0.491 e. The molecule has 4 heteroatoms. The fraction of sp³-hybridized carbons (Fsp3) is 0.261. The SMILES string of the molecule is CC[C@@H](Oc1cccc2ccccc12)C(=O)Nc1cccc(OC(C)C)c1. The molecule has 0 spiro atoms. The molecule has 27 heavy (non-hydrogen) atoms. The zero-order valence-corrected chi connectivity index (χ0v) is 15.9. The maximum Gasteiger partial charge on any atom is 0.265 e. The third kappa shape index (κ3) is 4.79. The Morgan fingerprint density at radius 2 is 1.70 bits per heavy atom. The van der Waals surface area contributed by atoms with Crippen LogP contribution in [0, 0.1) is 0 Å². The van der Waals surface area contributed by atoms with Gasteiger partial charge >= 0.3 is 0 Å². The van der Waals surface area contributed by atoms with Gasteiger partial charge < -0.3 is 14.8 Å². The van der Waals surface area contributed by atoms with E-state index in [0.29, 0.717) is 17.9 Å². The molecular weight excluding hydrogens is 338 g/mol. The molecule has 0 aliphatic heterocycles. The number of amides is 1. The molecule has 3 rings (SSSR count). The Bertz CT molecular complexity index is 915. The molecule has 0 unspecified atom stereocenters. The molecular formula is C23H25NO3. The van der Waals surface area contributed by atoms with Gasteiger partial charge in [0, 0.05) is 17.1 Å². The molecule has 1 N–H and O–H groups in total. The maximum atomic E-state index is 12.7. The van der Waals surface area contributed by atoms with Crippen LogP contribution >= 0.6 is 0 Å². The lowest BCUT2D eigenvalue weighted by atomic mass is 10.1. The number of ether oxygens (including phenoxy) is 2. The van der Waals surface area contributed by atoms with Crippen molar-refractivity contribution in [2.24, 2.45) is 0 Å². The largest absolute Gasteiger partial charge is 0.491 e. The van der Waals surface area contributed by atoms with Crippen LogP contribution in [0.25, 0.3) is 10.8 Å². The second-order valence-electron chi connectivity index (χ2n) is 6.68. The number of benzene rings is 3. The molecule has 1 amide bonds. The number of anilines is 1. The smallest absolute Gasteiger partial charge is 0.265 e. The second-order valence-corrected chi connectivity index (χ2v) is 6.68. The quantitative estimate of drug-likeness (QED) is 0.609.